The minimum atomic E-state index is -1.87. The summed E-state index contributed by atoms with van der Waals surface area (Å²) in [5, 5.41) is 70.4. The number of carboxylic acid groups (broad SMARTS) is 1. The van der Waals surface area contributed by atoms with Crippen molar-refractivity contribution < 1.29 is 87.5 Å². The number of benzene rings is 3. The fourth-order valence-electron chi connectivity index (χ4n) is 10.6. The lowest BCUT2D eigenvalue weighted by Crippen LogP contribution is -2.62. The van der Waals surface area contributed by atoms with E-state index in [1.165, 1.54) is 45.0 Å². The van der Waals surface area contributed by atoms with E-state index in [9.17, 15) is 87.5 Å². The van der Waals surface area contributed by atoms with E-state index in [0.717, 1.165) is 0 Å². The average molecular weight is 1470 g/mol. The molecule has 24 N–H and O–H groups in total. The van der Waals surface area contributed by atoms with Gasteiger partial charge in [-0.1, -0.05) is 128 Å². The average Bonchev–Trinajstić information content (AvgIpc) is 0.792. The highest BCUT2D eigenvalue weighted by atomic mass is 16.4. The zero-order valence-corrected chi connectivity index (χ0v) is 60.6. The first kappa shape index (κ1) is 88.4. The Kier molecular flexibility index (Phi) is 37.6. The van der Waals surface area contributed by atoms with E-state index in [0.29, 0.717) is 16.7 Å². The van der Waals surface area contributed by atoms with Crippen LogP contribution in [0.5, 0.6) is 5.75 Å². The number of primary amides is 1. The van der Waals surface area contributed by atoms with E-state index in [1.54, 1.807) is 102 Å². The number of nitrogens with two attached hydrogens (primary N) is 4. The highest BCUT2D eigenvalue weighted by Crippen LogP contribution is 2.16. The Labute approximate surface area is 609 Å². The summed E-state index contributed by atoms with van der Waals surface area (Å²) in [6.07, 6.45) is -1.33. The zero-order chi connectivity index (χ0) is 78.8. The molecule has 12 atom stereocenters. The molecule has 13 amide bonds. The zero-order valence-electron chi connectivity index (χ0n) is 60.6. The van der Waals surface area contributed by atoms with Crippen molar-refractivity contribution in [1.82, 2.24) is 63.8 Å². The normalized spacial score (nSPS) is 14.6. The number of nitrogens with zero attached hydrogens (tertiary/aromatic N) is 1. The fraction of sp³-hybridized carbons (Fsp3) is 0.529. The second-order valence-electron chi connectivity index (χ2n) is 26.8. The number of carbonyl (C=O) groups is 14. The molecule has 0 aromatic heterocycles. The number of rotatable bonds is 45. The Hall–Kier alpha value is -10.8. The van der Waals surface area contributed by atoms with Gasteiger partial charge in [-0.05, 0) is 85.1 Å². The molecule has 0 saturated heterocycles. The van der Waals surface area contributed by atoms with Gasteiger partial charge in [-0.3, -0.25) is 67.3 Å². The molecular formula is C70H105N17O18. The van der Waals surface area contributed by atoms with Crippen LogP contribution >= 0.6 is 0 Å². The molecule has 0 fully saturated rings. The van der Waals surface area contributed by atoms with Gasteiger partial charge in [-0.25, -0.2) is 4.79 Å². The number of nitrogens with one attached hydrogen (secondary N) is 12. The van der Waals surface area contributed by atoms with Gasteiger partial charge in [-0.2, -0.15) is 0 Å². The Morgan fingerprint density at radius 3 is 1.18 bits per heavy atom. The minimum absolute atomic E-state index is 0.0131. The Morgan fingerprint density at radius 2 is 0.752 bits per heavy atom. The van der Waals surface area contributed by atoms with Crippen LogP contribution in [0.25, 0.3) is 0 Å². The van der Waals surface area contributed by atoms with Crippen molar-refractivity contribution in [3.8, 4) is 5.75 Å². The van der Waals surface area contributed by atoms with Crippen LogP contribution in [0.15, 0.2) is 89.9 Å². The summed E-state index contributed by atoms with van der Waals surface area (Å²) >= 11 is 0. The van der Waals surface area contributed by atoms with Crippen LogP contribution in [0.3, 0.4) is 0 Å². The van der Waals surface area contributed by atoms with Gasteiger partial charge in [0, 0.05) is 25.8 Å². The van der Waals surface area contributed by atoms with Crippen LogP contribution in [-0.4, -0.2) is 208 Å². The fourth-order valence-corrected chi connectivity index (χ4v) is 10.6. The number of guanidine groups is 1. The van der Waals surface area contributed by atoms with Crippen LogP contribution in [0.1, 0.15) is 111 Å². The molecule has 0 saturated carbocycles. The first-order valence-corrected chi connectivity index (χ1v) is 34.4. The number of phenolic OH excluding ortho intramolecular Hbond substituents is 1. The van der Waals surface area contributed by atoms with Gasteiger partial charge in [-0.15, -0.1) is 0 Å². The smallest absolute Gasteiger partial charge is 0.326 e. The molecule has 0 radical (unpaired) electrons. The number of carbonyl (C=O) groups excluding carboxylic acids is 13. The molecule has 0 unspecified atom stereocenters. The Bertz CT molecular complexity index is 3450. The van der Waals surface area contributed by atoms with Crippen LogP contribution in [0, 0.1) is 23.7 Å². The summed E-state index contributed by atoms with van der Waals surface area (Å²) in [5.41, 5.74) is 23.7. The summed E-state index contributed by atoms with van der Waals surface area (Å²) in [5.74, 6) is -16.2. The van der Waals surface area contributed by atoms with Gasteiger partial charge in [0.25, 0.3) is 0 Å². The third kappa shape index (κ3) is 31.8. The summed E-state index contributed by atoms with van der Waals surface area (Å²) in [4.78, 5) is 195. The van der Waals surface area contributed by atoms with E-state index in [4.69, 9.17) is 22.9 Å². The number of aliphatic hydroxyl groups excluding tert-OH is 2. The topological polar surface area (TPSA) is 581 Å². The maximum Gasteiger partial charge on any atom is 0.326 e. The van der Waals surface area contributed by atoms with Crippen molar-refractivity contribution in [3.05, 3.63) is 102 Å². The molecule has 0 spiro atoms. The Balaban J connectivity index is 1.82. The van der Waals surface area contributed by atoms with Crippen LogP contribution in [0.4, 0.5) is 0 Å². The number of hydrogen-bond acceptors (Lipinski definition) is 19. The molecule has 0 heterocycles. The number of carboxylic acids is 1. The van der Waals surface area contributed by atoms with Gasteiger partial charge < -0.3 is 107 Å². The minimum Gasteiger partial charge on any atom is -0.508 e. The SMILES string of the molecule is CC(C)C[C@H](NC(=O)[C@H](Cc1ccccc1)NC(=O)CN)C(=O)N[C@@H](CCCN=C(N)N)C(=O)N[C@@H](CO)C(=O)N[C@H](C(=O)N[C@@H](Cc1ccccc1)C(=O)N[C@@H](C)C(=O)N[C@@H](CC(N)=O)C(=O)N[C@@H](CO)C(=O)N[C@@H](CC(C)C)C(=O)N[C@H](C(=O)N[C@@H](Cc1ccc(O)cc1)C(=O)O)C(C)C)C(C)C. The highest BCUT2D eigenvalue weighted by Gasteiger charge is 2.38. The van der Waals surface area contributed by atoms with Crippen molar-refractivity contribution in [2.75, 3.05) is 26.3 Å². The van der Waals surface area contributed by atoms with Gasteiger partial charge in [0.05, 0.1) is 26.2 Å². The quantitative estimate of drug-likeness (QED) is 0.0144. The van der Waals surface area contributed by atoms with E-state index in [-0.39, 0.29) is 75.0 Å². The molecule has 3 aromatic carbocycles. The van der Waals surface area contributed by atoms with Gasteiger partial charge in [0.1, 0.15) is 78.3 Å². The predicted octanol–water partition coefficient (Wildman–Crippen LogP) is -4.38. The van der Waals surface area contributed by atoms with E-state index >= 15 is 0 Å². The van der Waals surface area contributed by atoms with Crippen molar-refractivity contribution in [2.45, 2.75) is 186 Å². The Morgan fingerprint density at radius 1 is 0.400 bits per heavy atom. The highest BCUT2D eigenvalue weighted by molar-refractivity contribution is 6.00. The first-order valence-electron chi connectivity index (χ1n) is 34.4. The van der Waals surface area contributed by atoms with Crippen molar-refractivity contribution in [2.24, 2.45) is 51.6 Å². The van der Waals surface area contributed by atoms with E-state index < -0.39 is 193 Å². The first-order chi connectivity index (χ1) is 49.5. The maximum absolute atomic E-state index is 14.4. The number of aliphatic carboxylic acids is 1. The van der Waals surface area contributed by atoms with Gasteiger partial charge in [0.2, 0.25) is 76.8 Å². The largest absolute Gasteiger partial charge is 0.508 e. The molecule has 578 valence electrons. The van der Waals surface area contributed by atoms with Crippen LogP contribution < -0.4 is 86.7 Å². The summed E-state index contributed by atoms with van der Waals surface area (Å²) in [7, 11) is 0. The summed E-state index contributed by atoms with van der Waals surface area (Å²) in [6.45, 7) is 11.8. The molecule has 105 heavy (non-hydrogen) atoms. The standard InChI is InChI=1S/C70H105N17O18/c1-36(2)27-46(80-62(97)48(77-55(92)33-71)29-41-17-12-10-13-18-41)61(96)78-45(21-16-26-75-70(73)74)59(94)84-53(35-89)66(101)87-56(38(5)6)67(102)82-49(30-42-19-14-11-15-20-42)60(95)76-40(9)58(93)79-50(32-54(72)91)63(98)85-52(34-88)65(100)81-47(28-37(3)4)64(99)86-57(39(7)8)68(103)83-51(69(104)105)31-43-22-24-44(90)25-23-43/h10-15,17-20,22-25,36-40,45-53,56-57,88-90H,16,21,26-35,71H2,1-9H3,(H2,72,91)(H,76,95)(H,77,92)(H,78,96)(H,79,93)(H,80,97)(H,81,100)(H,82,102)(H,83,103)(H,84,94)(H,85,98)(H,86,99)(H,87,101)(H,104,105)(H4,73,74,75)/t40-,45-,46-,47-,48-,49-,50-,51-,52-,53-,56-,57-/m0/s1. The number of aliphatic hydroxyl groups is 2. The van der Waals surface area contributed by atoms with Crippen LogP contribution in [0.2, 0.25) is 0 Å². The monoisotopic (exact) mass is 1470 g/mol. The van der Waals surface area contributed by atoms with E-state index in [1.807, 2.05) is 0 Å². The van der Waals surface area contributed by atoms with E-state index in [2.05, 4.69) is 68.8 Å². The van der Waals surface area contributed by atoms with Gasteiger partial charge in [0.15, 0.2) is 5.96 Å². The maximum atomic E-state index is 14.4. The third-order valence-electron chi connectivity index (χ3n) is 16.2. The number of phenols is 1. The van der Waals surface area contributed by atoms with Crippen molar-refractivity contribution in [1.29, 1.82) is 0 Å². The summed E-state index contributed by atoms with van der Waals surface area (Å²) in [6, 6.07) is 4.37. The second kappa shape index (κ2) is 44.6. The molecule has 3 aromatic rings. The van der Waals surface area contributed by atoms with Crippen LogP contribution in [-0.2, 0) is 86.4 Å². The predicted molar refractivity (Wildman–Crippen MR) is 384 cm³/mol. The molecule has 0 aliphatic heterocycles. The number of hydrogen-bond donors (Lipinski definition) is 20. The number of amides is 13. The molecule has 3 rings (SSSR count). The molecule has 0 aliphatic rings. The molecular weight excluding hydrogens is 1370 g/mol. The lowest BCUT2D eigenvalue weighted by Gasteiger charge is -2.29. The molecule has 35 heteroatoms. The molecule has 0 aliphatic carbocycles. The molecule has 0 bridgehead atoms. The van der Waals surface area contributed by atoms with Crippen molar-refractivity contribution in [3.63, 3.8) is 0 Å². The number of aliphatic imine (C=N–C) groups is 1. The lowest BCUT2D eigenvalue weighted by atomic mass is 9.99. The third-order valence-corrected chi connectivity index (χ3v) is 16.2. The second-order valence-corrected chi connectivity index (χ2v) is 26.8. The van der Waals surface area contributed by atoms with Gasteiger partial charge >= 0.3 is 5.97 Å². The number of aromatic hydroxyl groups is 1. The molecule has 35 nitrogen and oxygen atoms in total. The summed E-state index contributed by atoms with van der Waals surface area (Å²) < 4.78 is 0. The van der Waals surface area contributed by atoms with Crippen molar-refractivity contribution >= 4 is 88.7 Å². The lowest BCUT2D eigenvalue weighted by molar-refractivity contribution is -0.142.